The van der Waals surface area contributed by atoms with E-state index in [0.29, 0.717) is 5.92 Å². The topological polar surface area (TPSA) is 0 Å². The zero-order valence-electron chi connectivity index (χ0n) is 37.6. The Morgan fingerprint density at radius 1 is 0.772 bits per heavy atom. The summed E-state index contributed by atoms with van der Waals surface area (Å²) in [6.45, 7) is 33.3. The summed E-state index contributed by atoms with van der Waals surface area (Å²) in [5, 5.41) is 0. The maximum atomic E-state index is 3.37. The van der Waals surface area contributed by atoms with Gasteiger partial charge in [0.05, 0.1) is 0 Å². The second kappa shape index (κ2) is 20.2. The normalized spacial score (nSPS) is 22.4. The number of hydrogen-bond acceptors (Lipinski definition) is 0. The molecule has 0 heterocycles. The Morgan fingerprint density at radius 3 is 1.74 bits per heavy atom. The van der Waals surface area contributed by atoms with Gasteiger partial charge in [-0.2, -0.15) is 89.0 Å². The molecule has 2 atom stereocenters. The summed E-state index contributed by atoms with van der Waals surface area (Å²) in [5.74, 6) is 2.24. The van der Waals surface area contributed by atoms with Crippen LogP contribution in [-0.2, 0) is 30.7 Å². The van der Waals surface area contributed by atoms with E-state index in [4.69, 9.17) is 0 Å². The molecule has 2 unspecified atom stereocenters. The zero-order valence-corrected chi connectivity index (χ0v) is 41.7. The Kier molecular flexibility index (Phi) is 18.0. The number of benzene rings is 3. The summed E-state index contributed by atoms with van der Waals surface area (Å²) >= 11 is 1.30. The van der Waals surface area contributed by atoms with Gasteiger partial charge >= 0.3 is 28.4 Å². The van der Waals surface area contributed by atoms with E-state index < -0.39 is 0 Å². The molecular formula is C54H70Cl2Zr-4. The van der Waals surface area contributed by atoms with Crippen molar-refractivity contribution in [2.45, 2.75) is 123 Å². The fraction of sp³-hybridized carbons (Fsp3) is 0.444. The summed E-state index contributed by atoms with van der Waals surface area (Å²) in [6, 6.07) is 30.8. The van der Waals surface area contributed by atoms with Gasteiger partial charge in [0.25, 0.3) is 0 Å². The third-order valence-electron chi connectivity index (χ3n) is 14.4. The van der Waals surface area contributed by atoms with Crippen LogP contribution >= 0.6 is 24.8 Å². The Hall–Kier alpha value is -2.44. The molecule has 8 rings (SSSR count). The predicted molar refractivity (Wildman–Crippen MR) is 251 cm³/mol. The van der Waals surface area contributed by atoms with E-state index in [1.54, 1.807) is 28.2 Å². The van der Waals surface area contributed by atoms with Crippen LogP contribution in [0.1, 0.15) is 125 Å². The van der Waals surface area contributed by atoms with E-state index in [2.05, 4.69) is 162 Å². The Labute approximate surface area is 377 Å². The molecule has 0 nitrogen and oxygen atoms in total. The van der Waals surface area contributed by atoms with Gasteiger partial charge in [0, 0.05) is 0 Å². The average molecular weight is 881 g/mol. The second-order valence-corrected chi connectivity index (χ2v) is 18.8. The van der Waals surface area contributed by atoms with Crippen LogP contribution in [0, 0.1) is 71.0 Å². The molecule has 1 fully saturated rings. The van der Waals surface area contributed by atoms with E-state index in [-0.39, 0.29) is 51.9 Å². The van der Waals surface area contributed by atoms with Crippen LogP contribution in [-0.4, -0.2) is 4.21 Å². The van der Waals surface area contributed by atoms with Gasteiger partial charge in [-0.05, 0) is 46.0 Å². The molecule has 0 aromatic heterocycles. The van der Waals surface area contributed by atoms with Gasteiger partial charge in [-0.3, -0.25) is 6.08 Å². The summed E-state index contributed by atoms with van der Waals surface area (Å²) in [6.07, 6.45) is 15.1. The first-order valence-corrected chi connectivity index (χ1v) is 22.1. The van der Waals surface area contributed by atoms with Crippen LogP contribution in [0.2, 0.25) is 0 Å². The quantitative estimate of drug-likeness (QED) is 0.197. The molecule has 0 saturated heterocycles. The van der Waals surface area contributed by atoms with Crippen LogP contribution in [0.4, 0.5) is 0 Å². The van der Waals surface area contributed by atoms with Crippen molar-refractivity contribution >= 4 is 34.6 Å². The van der Waals surface area contributed by atoms with Gasteiger partial charge in [-0.25, -0.2) is 17.1 Å². The number of fused-ring (bicyclic) bond motifs is 6. The second-order valence-electron chi connectivity index (χ2n) is 18.8. The van der Waals surface area contributed by atoms with Gasteiger partial charge < -0.3 is 0 Å². The third kappa shape index (κ3) is 9.80. The van der Waals surface area contributed by atoms with Crippen molar-refractivity contribution in [1.29, 1.82) is 0 Å². The third-order valence-corrected chi connectivity index (χ3v) is 14.4. The minimum atomic E-state index is 0. The molecule has 57 heavy (non-hydrogen) atoms. The molecule has 308 valence electrons. The molecule has 3 aromatic carbocycles. The van der Waals surface area contributed by atoms with Gasteiger partial charge in [-0.15, -0.1) is 45.1 Å². The fourth-order valence-electron chi connectivity index (χ4n) is 9.91. The van der Waals surface area contributed by atoms with Gasteiger partial charge in [0.2, 0.25) is 0 Å². The molecule has 0 N–H and O–H groups in total. The van der Waals surface area contributed by atoms with Crippen LogP contribution in [0.15, 0.2) is 119 Å². The summed E-state index contributed by atoms with van der Waals surface area (Å²) in [4.78, 5) is 0. The number of halogens is 2. The van der Waals surface area contributed by atoms with Crippen molar-refractivity contribution in [2.24, 2.45) is 33.0 Å². The van der Waals surface area contributed by atoms with E-state index in [9.17, 15) is 0 Å². The van der Waals surface area contributed by atoms with Crippen molar-refractivity contribution < 1.29 is 24.2 Å². The summed E-state index contributed by atoms with van der Waals surface area (Å²) in [5.41, 5.74) is 16.0. The number of hydrogen-bond donors (Lipinski definition) is 0. The molecule has 3 aromatic rings. The van der Waals surface area contributed by atoms with Gasteiger partial charge in [-0.1, -0.05) is 148 Å². The van der Waals surface area contributed by atoms with Crippen LogP contribution < -0.4 is 0 Å². The van der Waals surface area contributed by atoms with Crippen molar-refractivity contribution in [2.75, 3.05) is 0 Å². The van der Waals surface area contributed by atoms with Crippen LogP contribution in [0.3, 0.4) is 0 Å². The maximum absolute atomic E-state index is 3.37. The standard InChI is InChI=1S/C29H37.C10H15.2C7H7.CH2.2ClH.Zr/c1-18-25-22-17-19-13-9-10-14-20(19)24(22)21-15-11-12-16-23(21)29(25,8)28(6,7)27(4,5)26(18,2)3;1-8-6-5-7-9(8)10(2,3)4;2*1-7-5-3-2-4-6-7;;;;/h9-11,13-15,23H,12,16-17H2,1-8H3;6H,5H2,1-4H3;2*3-6H,1H3;1H2;2*1H;/q4*-1;;;;. The minimum absolute atomic E-state index is 0. The molecule has 1 saturated carbocycles. The first-order valence-electron chi connectivity index (χ1n) is 20.3. The van der Waals surface area contributed by atoms with Crippen molar-refractivity contribution in [3.8, 4) is 0 Å². The number of rotatable bonds is 0. The first kappa shape index (κ1) is 50.7. The molecule has 5 aliphatic carbocycles. The van der Waals surface area contributed by atoms with E-state index in [1.807, 2.05) is 48.5 Å². The van der Waals surface area contributed by atoms with Crippen molar-refractivity contribution in [3.63, 3.8) is 0 Å². The number of allylic oxidation sites excluding steroid dienone is 10. The molecule has 0 bridgehead atoms. The van der Waals surface area contributed by atoms with Crippen molar-refractivity contribution in [3.05, 3.63) is 165 Å². The van der Waals surface area contributed by atoms with Crippen molar-refractivity contribution in [1.82, 2.24) is 0 Å². The molecule has 0 radical (unpaired) electrons. The SMILES string of the molecule is CC1=CC[C-]=C1C(C)(C)C.C[C-]1C2=C3Cc4ccccc4C3=C3C=CCCC3C2(C)C(C)(C)C(C)(C)C1(C)C.Cc1cc[c-]cc1.Cc1cc[c-]cc1.Cl.Cl.[CH2]=[Zr]. The van der Waals surface area contributed by atoms with Gasteiger partial charge in [0.1, 0.15) is 0 Å². The van der Waals surface area contributed by atoms with Crippen LogP contribution in [0.25, 0.3) is 5.57 Å². The van der Waals surface area contributed by atoms with Gasteiger partial charge in [0.15, 0.2) is 0 Å². The van der Waals surface area contributed by atoms with E-state index in [0.717, 1.165) is 12.8 Å². The Balaban J connectivity index is 0.000000327. The zero-order chi connectivity index (χ0) is 41.0. The molecule has 0 aliphatic heterocycles. The first-order chi connectivity index (χ1) is 25.8. The molecule has 0 amide bonds. The molecular weight excluding hydrogens is 811 g/mol. The molecule has 3 heteroatoms. The van der Waals surface area contributed by atoms with Crippen LogP contribution in [0.5, 0.6) is 0 Å². The summed E-state index contributed by atoms with van der Waals surface area (Å²) < 4.78 is 3.34. The predicted octanol–water partition coefficient (Wildman–Crippen LogP) is 15.5. The molecule has 5 aliphatic rings. The Morgan fingerprint density at radius 2 is 1.30 bits per heavy atom. The van der Waals surface area contributed by atoms with E-state index >= 15 is 0 Å². The fourth-order valence-corrected chi connectivity index (χ4v) is 9.91. The average Bonchev–Trinajstić information content (AvgIpc) is 3.77. The number of aryl methyl sites for hydroxylation is 2. The molecule has 0 spiro atoms. The monoisotopic (exact) mass is 878 g/mol. The summed E-state index contributed by atoms with van der Waals surface area (Å²) in [7, 11) is 0. The van der Waals surface area contributed by atoms with E-state index in [1.165, 1.54) is 70.5 Å². The Bertz CT molecular complexity index is 1910.